The molecule has 3 aromatic rings. The first-order valence-electron chi connectivity index (χ1n) is 4.39. The van der Waals surface area contributed by atoms with Crippen molar-refractivity contribution in [3.63, 3.8) is 0 Å². The average molecular weight is 181 g/mol. The summed E-state index contributed by atoms with van der Waals surface area (Å²) in [5.41, 5.74) is 0.922. The van der Waals surface area contributed by atoms with Gasteiger partial charge in [0.05, 0.1) is 11.7 Å². The topological polar surface area (TPSA) is 38.7 Å². The molecule has 0 aliphatic rings. The predicted octanol–water partition coefficient (Wildman–Crippen LogP) is 2.18. The Morgan fingerprint density at radius 3 is 2.79 bits per heavy atom. The molecule has 0 atom stereocenters. The minimum absolute atomic E-state index is 0.922. The van der Waals surface area contributed by atoms with Crippen molar-refractivity contribution in [3.05, 3.63) is 42.9 Å². The van der Waals surface area contributed by atoms with E-state index in [2.05, 4.69) is 15.2 Å². The van der Waals surface area contributed by atoms with Crippen LogP contribution in [0.25, 0.3) is 21.7 Å². The highest BCUT2D eigenvalue weighted by Gasteiger charge is 1.99. The fraction of sp³-hybridized carbons (Fsp3) is 0. The minimum Gasteiger partial charge on any atom is -0.264 e. The van der Waals surface area contributed by atoms with Crippen LogP contribution in [0.15, 0.2) is 42.9 Å². The lowest BCUT2D eigenvalue weighted by Crippen LogP contribution is -1.83. The van der Waals surface area contributed by atoms with Crippen molar-refractivity contribution in [2.45, 2.75) is 0 Å². The van der Waals surface area contributed by atoms with Crippen LogP contribution in [-0.2, 0) is 0 Å². The third kappa shape index (κ3) is 0.956. The van der Waals surface area contributed by atoms with Crippen molar-refractivity contribution in [1.82, 2.24) is 15.2 Å². The third-order valence-electron chi connectivity index (χ3n) is 2.31. The van der Waals surface area contributed by atoms with E-state index in [0.29, 0.717) is 0 Å². The number of hydrogen-bond donors (Lipinski definition) is 0. The molecule has 0 saturated carbocycles. The van der Waals surface area contributed by atoms with E-state index in [9.17, 15) is 0 Å². The Morgan fingerprint density at radius 1 is 0.857 bits per heavy atom. The van der Waals surface area contributed by atoms with Crippen molar-refractivity contribution in [2.24, 2.45) is 0 Å². The van der Waals surface area contributed by atoms with Crippen LogP contribution in [-0.4, -0.2) is 15.2 Å². The van der Waals surface area contributed by atoms with Crippen LogP contribution in [0.1, 0.15) is 0 Å². The summed E-state index contributed by atoms with van der Waals surface area (Å²) in [4.78, 5) is 4.08. The molecule has 0 spiro atoms. The number of pyridine rings is 1. The molecule has 66 valence electrons. The van der Waals surface area contributed by atoms with Gasteiger partial charge < -0.3 is 0 Å². The monoisotopic (exact) mass is 181 g/mol. The minimum atomic E-state index is 0.922. The van der Waals surface area contributed by atoms with E-state index in [1.165, 1.54) is 5.39 Å². The molecule has 0 saturated heterocycles. The fourth-order valence-electron chi connectivity index (χ4n) is 1.65. The van der Waals surface area contributed by atoms with Gasteiger partial charge in [0.2, 0.25) is 0 Å². The van der Waals surface area contributed by atoms with Gasteiger partial charge in [-0.3, -0.25) is 4.98 Å². The highest BCUT2D eigenvalue weighted by Crippen LogP contribution is 2.21. The second-order valence-corrected chi connectivity index (χ2v) is 3.13. The molecule has 0 amide bonds. The Morgan fingerprint density at radius 2 is 1.79 bits per heavy atom. The van der Waals surface area contributed by atoms with Crippen molar-refractivity contribution in [3.8, 4) is 0 Å². The van der Waals surface area contributed by atoms with Gasteiger partial charge in [0, 0.05) is 23.2 Å². The molecule has 0 N–H and O–H groups in total. The lowest BCUT2D eigenvalue weighted by Gasteiger charge is -2.00. The van der Waals surface area contributed by atoms with Crippen molar-refractivity contribution < 1.29 is 0 Å². The van der Waals surface area contributed by atoms with E-state index in [-0.39, 0.29) is 0 Å². The molecule has 0 radical (unpaired) electrons. The first-order chi connectivity index (χ1) is 6.95. The fourth-order valence-corrected chi connectivity index (χ4v) is 1.65. The molecule has 0 unspecified atom stereocenters. The second kappa shape index (κ2) is 2.73. The second-order valence-electron chi connectivity index (χ2n) is 3.13. The van der Waals surface area contributed by atoms with E-state index in [1.54, 1.807) is 12.4 Å². The molecular formula is C11H7N3. The Balaban J connectivity index is 2.61. The summed E-state index contributed by atoms with van der Waals surface area (Å²) in [7, 11) is 0. The first-order valence-corrected chi connectivity index (χ1v) is 4.39. The molecule has 0 aliphatic heterocycles. The molecule has 3 heteroatoms. The Kier molecular flexibility index (Phi) is 1.44. The van der Waals surface area contributed by atoms with Gasteiger partial charge in [0.25, 0.3) is 0 Å². The van der Waals surface area contributed by atoms with Crippen LogP contribution in [0.4, 0.5) is 0 Å². The summed E-state index contributed by atoms with van der Waals surface area (Å²) in [6, 6.07) is 7.95. The van der Waals surface area contributed by atoms with Gasteiger partial charge in [-0.25, -0.2) is 0 Å². The summed E-state index contributed by atoms with van der Waals surface area (Å²) in [6.07, 6.45) is 5.36. The number of aromatic nitrogens is 3. The maximum atomic E-state index is 4.08. The standard InChI is InChI=1S/C11H7N3/c1-2-11-10(4-6-13-14-11)9-3-5-12-7-8(1)9/h1-7H. The maximum Gasteiger partial charge on any atom is 0.0936 e. The average Bonchev–Trinajstić information content (AvgIpc) is 2.29. The maximum absolute atomic E-state index is 4.08. The van der Waals surface area contributed by atoms with Crippen LogP contribution < -0.4 is 0 Å². The summed E-state index contributed by atoms with van der Waals surface area (Å²) in [5, 5.41) is 11.3. The van der Waals surface area contributed by atoms with Gasteiger partial charge in [0.1, 0.15) is 0 Å². The van der Waals surface area contributed by atoms with Crippen LogP contribution in [0, 0.1) is 0 Å². The lowest BCUT2D eigenvalue weighted by atomic mass is 10.1. The summed E-state index contributed by atoms with van der Waals surface area (Å²) >= 11 is 0. The lowest BCUT2D eigenvalue weighted by molar-refractivity contribution is 1.08. The molecule has 0 bridgehead atoms. The van der Waals surface area contributed by atoms with E-state index in [4.69, 9.17) is 0 Å². The van der Waals surface area contributed by atoms with E-state index < -0.39 is 0 Å². The number of nitrogens with zero attached hydrogens (tertiary/aromatic N) is 3. The molecule has 3 nitrogen and oxygen atoms in total. The van der Waals surface area contributed by atoms with Gasteiger partial charge in [-0.1, -0.05) is 6.07 Å². The smallest absolute Gasteiger partial charge is 0.0936 e. The van der Waals surface area contributed by atoms with Gasteiger partial charge in [0.15, 0.2) is 0 Å². The first kappa shape index (κ1) is 7.38. The van der Waals surface area contributed by atoms with Crippen LogP contribution in [0.3, 0.4) is 0 Å². The van der Waals surface area contributed by atoms with Crippen LogP contribution in [0.5, 0.6) is 0 Å². The zero-order chi connectivity index (χ0) is 9.38. The number of hydrogen-bond acceptors (Lipinski definition) is 3. The van der Waals surface area contributed by atoms with E-state index >= 15 is 0 Å². The largest absolute Gasteiger partial charge is 0.264 e. The molecule has 3 rings (SSSR count). The zero-order valence-electron chi connectivity index (χ0n) is 7.38. The Bertz CT molecular complexity index is 550. The van der Waals surface area contributed by atoms with Gasteiger partial charge >= 0.3 is 0 Å². The summed E-state index contributed by atoms with van der Waals surface area (Å²) in [5.74, 6) is 0. The quantitative estimate of drug-likeness (QED) is 0.499. The molecule has 14 heavy (non-hydrogen) atoms. The molecule has 0 fully saturated rings. The van der Waals surface area contributed by atoms with Gasteiger partial charge in [-0.2, -0.15) is 10.2 Å². The number of fused-ring (bicyclic) bond motifs is 3. The summed E-state index contributed by atoms with van der Waals surface area (Å²) < 4.78 is 0. The van der Waals surface area contributed by atoms with E-state index in [1.807, 2.05) is 30.5 Å². The van der Waals surface area contributed by atoms with Gasteiger partial charge in [-0.15, -0.1) is 0 Å². The van der Waals surface area contributed by atoms with Crippen molar-refractivity contribution in [1.29, 1.82) is 0 Å². The highest BCUT2D eigenvalue weighted by atomic mass is 15.1. The van der Waals surface area contributed by atoms with Crippen LogP contribution >= 0.6 is 0 Å². The number of rotatable bonds is 0. The normalized spacial score (nSPS) is 10.9. The Labute approximate surface area is 80.4 Å². The molecule has 0 aliphatic carbocycles. The summed E-state index contributed by atoms with van der Waals surface area (Å²) in [6.45, 7) is 0. The molecule has 2 heterocycles. The highest BCUT2D eigenvalue weighted by molar-refractivity contribution is 6.05. The third-order valence-corrected chi connectivity index (χ3v) is 2.31. The van der Waals surface area contributed by atoms with Crippen molar-refractivity contribution >= 4 is 21.7 Å². The van der Waals surface area contributed by atoms with Crippen LogP contribution in [0.2, 0.25) is 0 Å². The van der Waals surface area contributed by atoms with Gasteiger partial charge in [-0.05, 0) is 23.6 Å². The zero-order valence-corrected chi connectivity index (χ0v) is 7.38. The molecule has 1 aromatic carbocycles. The molecular weight excluding hydrogens is 174 g/mol. The molecule has 2 aromatic heterocycles. The Hall–Kier alpha value is -2.03. The predicted molar refractivity (Wildman–Crippen MR) is 54.8 cm³/mol. The van der Waals surface area contributed by atoms with E-state index in [0.717, 1.165) is 16.3 Å². The SMILES string of the molecule is c1cc2c(ccc3nnccc32)cn1. The van der Waals surface area contributed by atoms with Crippen molar-refractivity contribution in [2.75, 3.05) is 0 Å². The number of benzene rings is 1.